The Morgan fingerprint density at radius 1 is 0.794 bits per heavy atom. The quantitative estimate of drug-likeness (QED) is 0.0258. The summed E-state index contributed by atoms with van der Waals surface area (Å²) >= 11 is 0. The lowest BCUT2D eigenvalue weighted by atomic mass is 9.98. The van der Waals surface area contributed by atoms with E-state index in [1.165, 1.54) is 6.08 Å². The first-order chi connectivity index (χ1) is 30.0. The molecule has 0 saturated carbocycles. The van der Waals surface area contributed by atoms with Crippen molar-refractivity contribution in [2.45, 2.75) is 96.4 Å². The van der Waals surface area contributed by atoms with Gasteiger partial charge in [0.15, 0.2) is 0 Å². The van der Waals surface area contributed by atoms with E-state index in [0.29, 0.717) is 6.42 Å². The first kappa shape index (κ1) is 49.1. The maximum absolute atomic E-state index is 14.0. The number of rotatable bonds is 22. The maximum atomic E-state index is 14.0. The van der Waals surface area contributed by atoms with Gasteiger partial charge in [0, 0.05) is 25.0 Å². The zero-order valence-electron chi connectivity index (χ0n) is 37.6. The predicted octanol–water partition coefficient (Wildman–Crippen LogP) is 8.83. The highest BCUT2D eigenvalue weighted by molar-refractivity contribution is 7.48. The Balaban J connectivity index is 1.29. The van der Waals surface area contributed by atoms with Crippen LogP contribution in [-0.4, -0.2) is 77.0 Å². The van der Waals surface area contributed by atoms with Crippen LogP contribution in [0.1, 0.15) is 84.8 Å². The zero-order valence-corrected chi connectivity index (χ0v) is 39.5. The molecule has 14 heteroatoms. The fraction of sp³-hybridized carbons (Fsp3) is 0.408. The molecule has 3 unspecified atom stereocenters. The molecule has 0 radical (unpaired) electrons. The van der Waals surface area contributed by atoms with Gasteiger partial charge in [-0.1, -0.05) is 136 Å². The first-order valence-electron chi connectivity index (χ1n) is 21.5. The van der Waals surface area contributed by atoms with Gasteiger partial charge in [-0.2, -0.15) is 0 Å². The molecule has 4 aromatic rings. The number of carbonyl (C=O) groups is 3. The van der Waals surface area contributed by atoms with Crippen molar-refractivity contribution < 1.29 is 46.4 Å². The number of carbonyl (C=O) groups excluding carboxylic acids is 3. The van der Waals surface area contributed by atoms with E-state index >= 15 is 0 Å². The van der Waals surface area contributed by atoms with Crippen molar-refractivity contribution >= 4 is 44.5 Å². The smallest absolute Gasteiger partial charge is 0.460 e. The van der Waals surface area contributed by atoms with Crippen LogP contribution in [0.25, 0.3) is 11.1 Å². The molecule has 63 heavy (non-hydrogen) atoms. The topological polar surface area (TPSA) is 148 Å². The van der Waals surface area contributed by atoms with Crippen LogP contribution in [0.5, 0.6) is 0 Å². The molecule has 4 aromatic carbocycles. The van der Waals surface area contributed by atoms with Gasteiger partial charge in [-0.25, -0.2) is 9.36 Å². The summed E-state index contributed by atoms with van der Waals surface area (Å²) in [6.45, 7) is 16.8. The van der Waals surface area contributed by atoms with Gasteiger partial charge in [0.2, 0.25) is 5.91 Å². The molecule has 5 rings (SSSR count). The molecule has 0 saturated heterocycles. The number of benzene rings is 4. The van der Waals surface area contributed by atoms with E-state index in [1.54, 1.807) is 20.8 Å². The molecular weight excluding hydrogens is 836 g/mol. The van der Waals surface area contributed by atoms with E-state index < -0.39 is 52.4 Å². The first-order valence-corrected chi connectivity index (χ1v) is 24.9. The molecule has 12 nitrogen and oxygen atoms in total. The van der Waals surface area contributed by atoms with Crippen molar-refractivity contribution in [3.63, 3.8) is 0 Å². The van der Waals surface area contributed by atoms with Crippen LogP contribution in [-0.2, 0) is 41.6 Å². The van der Waals surface area contributed by atoms with Crippen molar-refractivity contribution in [2.24, 2.45) is 0 Å². The molecule has 0 heterocycles. The maximum Gasteiger partial charge on any atom is 0.475 e. The van der Waals surface area contributed by atoms with Crippen LogP contribution in [0.15, 0.2) is 122 Å². The average molecular weight is 899 g/mol. The molecule has 3 atom stereocenters. The summed E-state index contributed by atoms with van der Waals surface area (Å²) < 4.78 is 48.8. The van der Waals surface area contributed by atoms with Gasteiger partial charge in [0.1, 0.15) is 18.2 Å². The second-order valence-corrected chi connectivity index (χ2v) is 23.5. The fourth-order valence-corrected chi connectivity index (χ4v) is 13.7. The van der Waals surface area contributed by atoms with Gasteiger partial charge in [-0.3, -0.25) is 23.2 Å². The SMILES string of the molecule is C=CCOP(=O)(OCCCC(=O)OC(C)(C)C)OCC(NC(=O)OCC1c2ccccc2-c2ccccc21)C(=O)NCCC(C)O[Si](c1ccccc1)(c1ccccc1)C(C)(C)C. The summed E-state index contributed by atoms with van der Waals surface area (Å²) in [6.07, 6.45) is 0.819. The van der Waals surface area contributed by atoms with E-state index in [9.17, 15) is 18.9 Å². The number of hydrogen-bond donors (Lipinski definition) is 2. The molecule has 0 spiro atoms. The Hall–Kier alpha value is -4.88. The third kappa shape index (κ3) is 13.3. The van der Waals surface area contributed by atoms with Gasteiger partial charge in [0.05, 0.1) is 19.8 Å². The lowest BCUT2D eigenvalue weighted by Gasteiger charge is -2.44. The number of nitrogens with one attached hydrogen (secondary N) is 2. The third-order valence-electron chi connectivity index (χ3n) is 10.5. The minimum absolute atomic E-state index is 0.00525. The molecular formula is C49H63N2O10PSi. The standard InChI is InChI=1S/C49H63N2O10PSi/c1-9-32-57-62(55,58-33-20-29-45(52)60-48(3,4)5)59-35-44(51-47(54)56-34-43-41-27-18-16-25-39(41)40-26-17-19-28-42(40)43)46(53)50-31-30-36(2)61-63(49(6,7)8,37-21-12-10-13-22-37)38-23-14-11-15-24-38/h9-19,21-28,36,43-44H,1,20,29-35H2,2-8H3,(H,50,53)(H,51,54). The predicted molar refractivity (Wildman–Crippen MR) is 249 cm³/mol. The minimum Gasteiger partial charge on any atom is -0.460 e. The van der Waals surface area contributed by atoms with Crippen molar-refractivity contribution in [1.29, 1.82) is 0 Å². The molecule has 0 bridgehead atoms. The Bertz CT molecular complexity index is 2110. The summed E-state index contributed by atoms with van der Waals surface area (Å²) in [4.78, 5) is 39.8. The summed E-state index contributed by atoms with van der Waals surface area (Å²) in [5.74, 6) is -1.27. The largest absolute Gasteiger partial charge is 0.475 e. The van der Waals surface area contributed by atoms with Gasteiger partial charge in [0.25, 0.3) is 8.32 Å². The normalized spacial score (nSPS) is 14.7. The van der Waals surface area contributed by atoms with Crippen LogP contribution in [0, 0.1) is 0 Å². The second-order valence-electron chi connectivity index (χ2n) is 17.5. The molecule has 0 fully saturated rings. The average Bonchev–Trinajstić information content (AvgIpc) is 3.57. The van der Waals surface area contributed by atoms with E-state index in [1.807, 2.05) is 91.9 Å². The Labute approximate surface area is 373 Å². The lowest BCUT2D eigenvalue weighted by molar-refractivity contribution is -0.155. The van der Waals surface area contributed by atoms with Crippen LogP contribution in [0.2, 0.25) is 5.04 Å². The van der Waals surface area contributed by atoms with Crippen molar-refractivity contribution in [2.75, 3.05) is 33.0 Å². The molecule has 1 aliphatic rings. The number of phosphoric acid groups is 1. The van der Waals surface area contributed by atoms with Crippen molar-refractivity contribution in [1.82, 2.24) is 10.6 Å². The van der Waals surface area contributed by atoms with Gasteiger partial charge < -0.3 is 24.5 Å². The number of alkyl carbamates (subject to hydrolysis) is 1. The highest BCUT2D eigenvalue weighted by Crippen LogP contribution is 2.50. The molecule has 0 aliphatic heterocycles. The van der Waals surface area contributed by atoms with E-state index in [0.717, 1.165) is 32.6 Å². The zero-order chi connectivity index (χ0) is 45.7. The third-order valence-corrected chi connectivity index (χ3v) is 17.1. The molecule has 338 valence electrons. The van der Waals surface area contributed by atoms with Crippen molar-refractivity contribution in [3.8, 4) is 11.1 Å². The monoisotopic (exact) mass is 898 g/mol. The number of ether oxygens (including phenoxy) is 2. The number of esters is 1. The highest BCUT2D eigenvalue weighted by Gasteiger charge is 2.51. The molecule has 0 aromatic heterocycles. The van der Waals surface area contributed by atoms with Crippen LogP contribution in [0.3, 0.4) is 0 Å². The van der Waals surface area contributed by atoms with Crippen LogP contribution in [0.4, 0.5) is 4.79 Å². The van der Waals surface area contributed by atoms with Crippen LogP contribution >= 0.6 is 7.82 Å². The molecule has 1 aliphatic carbocycles. The Morgan fingerprint density at radius 2 is 1.35 bits per heavy atom. The number of phosphoric ester groups is 1. The summed E-state index contributed by atoms with van der Waals surface area (Å²) in [6, 6.07) is 35.2. The molecule has 2 N–H and O–H groups in total. The van der Waals surface area contributed by atoms with Crippen LogP contribution < -0.4 is 21.0 Å². The molecule has 2 amide bonds. The number of amides is 2. The van der Waals surface area contributed by atoms with E-state index in [-0.39, 0.29) is 56.3 Å². The van der Waals surface area contributed by atoms with E-state index in [2.05, 4.69) is 62.2 Å². The van der Waals surface area contributed by atoms with Gasteiger partial charge >= 0.3 is 19.9 Å². The fourth-order valence-electron chi connectivity index (χ4n) is 7.75. The van der Waals surface area contributed by atoms with Gasteiger partial charge in [-0.15, -0.1) is 6.58 Å². The van der Waals surface area contributed by atoms with Crippen molar-refractivity contribution in [3.05, 3.63) is 133 Å². The van der Waals surface area contributed by atoms with Gasteiger partial charge in [-0.05, 0) is 78.2 Å². The lowest BCUT2D eigenvalue weighted by Crippen LogP contribution is -2.67. The summed E-state index contributed by atoms with van der Waals surface area (Å²) in [7, 11) is -7.20. The number of hydrogen-bond acceptors (Lipinski definition) is 10. The highest BCUT2D eigenvalue weighted by atomic mass is 31.2. The Kier molecular flexibility index (Phi) is 17.3. The van der Waals surface area contributed by atoms with E-state index in [4.69, 9.17) is 27.5 Å². The summed E-state index contributed by atoms with van der Waals surface area (Å²) in [5, 5.41) is 7.57. The Morgan fingerprint density at radius 3 is 1.89 bits per heavy atom. The second kappa shape index (κ2) is 22.1. The minimum atomic E-state index is -4.33. The number of fused-ring (bicyclic) bond motifs is 3. The summed E-state index contributed by atoms with van der Waals surface area (Å²) in [5.41, 5.74) is 3.54.